The van der Waals surface area contributed by atoms with Gasteiger partial charge in [0.2, 0.25) is 10.0 Å². The monoisotopic (exact) mass is 496 g/mol. The zero-order valence-electron chi connectivity index (χ0n) is 19.6. The predicted molar refractivity (Wildman–Crippen MR) is 126 cm³/mol. The van der Waals surface area contributed by atoms with Crippen molar-refractivity contribution in [2.24, 2.45) is 10.8 Å². The van der Waals surface area contributed by atoms with E-state index in [-0.39, 0.29) is 44.9 Å². The lowest BCUT2D eigenvalue weighted by Crippen LogP contribution is -2.39. The van der Waals surface area contributed by atoms with E-state index in [0.717, 1.165) is 38.5 Å². The SMILES string of the molecule is CC1(C)C[C@H]2C[C@](C)(CN2C(=O)COC(=O)c2ccc(Cl)c(S(=O)(=O)N3CCCCC3)c2)C1. The molecule has 2 heterocycles. The lowest BCUT2D eigenvalue weighted by Gasteiger charge is -2.39. The number of amides is 1. The molecule has 1 aromatic rings. The molecule has 1 amide bonds. The van der Waals surface area contributed by atoms with Gasteiger partial charge >= 0.3 is 5.97 Å². The third-order valence-corrected chi connectivity index (χ3v) is 9.54. The fraction of sp³-hybridized carbons (Fsp3) is 0.667. The van der Waals surface area contributed by atoms with Gasteiger partial charge in [0.05, 0.1) is 10.6 Å². The van der Waals surface area contributed by atoms with Gasteiger partial charge in [0.15, 0.2) is 6.61 Å². The third kappa shape index (κ3) is 5.08. The Balaban J connectivity index is 1.43. The van der Waals surface area contributed by atoms with E-state index in [2.05, 4.69) is 20.8 Å². The minimum absolute atomic E-state index is 0.0633. The van der Waals surface area contributed by atoms with E-state index in [1.807, 2.05) is 4.90 Å². The third-order valence-electron chi connectivity index (χ3n) is 7.16. The van der Waals surface area contributed by atoms with Crippen molar-refractivity contribution in [3.63, 3.8) is 0 Å². The van der Waals surface area contributed by atoms with E-state index in [1.54, 1.807) is 0 Å². The maximum Gasteiger partial charge on any atom is 0.338 e. The maximum absolute atomic E-state index is 13.0. The predicted octanol–water partition coefficient (Wildman–Crippen LogP) is 4.10. The van der Waals surface area contributed by atoms with E-state index in [9.17, 15) is 18.0 Å². The van der Waals surface area contributed by atoms with Gasteiger partial charge in [-0.25, -0.2) is 13.2 Å². The van der Waals surface area contributed by atoms with Gasteiger partial charge in [0.1, 0.15) is 4.90 Å². The quantitative estimate of drug-likeness (QED) is 0.573. The number of likely N-dealkylation sites (tertiary alicyclic amines) is 1. The molecule has 1 aliphatic carbocycles. The summed E-state index contributed by atoms with van der Waals surface area (Å²) in [5, 5.41) is 0.0633. The van der Waals surface area contributed by atoms with Crippen molar-refractivity contribution in [2.45, 2.75) is 70.2 Å². The molecule has 9 heteroatoms. The summed E-state index contributed by atoms with van der Waals surface area (Å²) in [7, 11) is -3.80. The first-order valence-electron chi connectivity index (χ1n) is 11.7. The van der Waals surface area contributed by atoms with Crippen LogP contribution in [0.4, 0.5) is 0 Å². The van der Waals surface area contributed by atoms with Crippen LogP contribution >= 0.6 is 11.6 Å². The van der Waals surface area contributed by atoms with E-state index in [0.29, 0.717) is 19.6 Å². The van der Waals surface area contributed by atoms with Gasteiger partial charge in [0.25, 0.3) is 5.91 Å². The van der Waals surface area contributed by atoms with Crippen LogP contribution in [0.15, 0.2) is 23.1 Å². The standard InChI is InChI=1S/C24H33ClN2O5S/c1-23(2)12-18-13-24(3,15-23)16-27(18)21(28)14-32-22(29)17-7-8-19(25)20(11-17)33(30,31)26-9-5-4-6-10-26/h7-8,11,18H,4-6,9-10,12-16H2,1-3H3/t18-,24-/m0/s1. The summed E-state index contributed by atoms with van der Waals surface area (Å²) in [5.41, 5.74) is 0.346. The highest BCUT2D eigenvalue weighted by Crippen LogP contribution is 2.52. The van der Waals surface area contributed by atoms with E-state index >= 15 is 0 Å². The van der Waals surface area contributed by atoms with Gasteiger partial charge in [-0.3, -0.25) is 4.79 Å². The molecular weight excluding hydrogens is 464 g/mol. The number of hydrogen-bond donors (Lipinski definition) is 0. The van der Waals surface area contributed by atoms with Gasteiger partial charge in [-0.15, -0.1) is 0 Å². The Morgan fingerprint density at radius 2 is 1.82 bits per heavy atom. The van der Waals surface area contributed by atoms with Crippen LogP contribution in [0.25, 0.3) is 0 Å². The molecule has 0 N–H and O–H groups in total. The van der Waals surface area contributed by atoms with Crippen molar-refractivity contribution < 1.29 is 22.7 Å². The number of rotatable bonds is 5. The number of nitrogens with zero attached hydrogens (tertiary/aromatic N) is 2. The van der Waals surface area contributed by atoms with Crippen molar-refractivity contribution >= 4 is 33.5 Å². The van der Waals surface area contributed by atoms with Gasteiger partial charge in [-0.1, -0.05) is 38.8 Å². The number of carbonyl (C=O) groups excluding carboxylic acids is 2. The molecule has 2 bridgehead atoms. The fourth-order valence-corrected chi connectivity index (χ4v) is 8.13. The Morgan fingerprint density at radius 3 is 2.52 bits per heavy atom. The molecule has 7 nitrogen and oxygen atoms in total. The van der Waals surface area contributed by atoms with Crippen LogP contribution in [0.3, 0.4) is 0 Å². The van der Waals surface area contributed by atoms with Crippen LogP contribution in [-0.2, 0) is 19.6 Å². The topological polar surface area (TPSA) is 84.0 Å². The number of esters is 1. The number of ether oxygens (including phenoxy) is 1. The highest BCUT2D eigenvalue weighted by Gasteiger charge is 2.51. The number of hydrogen-bond acceptors (Lipinski definition) is 5. The molecule has 0 unspecified atom stereocenters. The second-order valence-electron chi connectivity index (χ2n) is 10.9. The lowest BCUT2D eigenvalue weighted by molar-refractivity contribution is -0.135. The number of sulfonamides is 1. The van der Waals surface area contributed by atoms with Crippen molar-refractivity contribution in [2.75, 3.05) is 26.2 Å². The molecule has 0 aromatic heterocycles. The van der Waals surface area contributed by atoms with Crippen LogP contribution < -0.4 is 0 Å². The number of piperidine rings is 1. The van der Waals surface area contributed by atoms with E-state index < -0.39 is 16.0 Å². The van der Waals surface area contributed by atoms with E-state index in [1.165, 1.54) is 22.5 Å². The minimum atomic E-state index is -3.80. The fourth-order valence-electron chi connectivity index (χ4n) is 6.12. The molecule has 3 fully saturated rings. The Morgan fingerprint density at radius 1 is 1.12 bits per heavy atom. The van der Waals surface area contributed by atoms with Gasteiger partial charge in [-0.05, 0) is 61.1 Å². The van der Waals surface area contributed by atoms with Crippen LogP contribution in [0, 0.1) is 10.8 Å². The van der Waals surface area contributed by atoms with Crippen LogP contribution in [-0.4, -0.2) is 61.8 Å². The summed E-state index contributed by atoms with van der Waals surface area (Å²) in [6.07, 6.45) is 5.58. The van der Waals surface area contributed by atoms with E-state index in [4.69, 9.17) is 16.3 Å². The largest absolute Gasteiger partial charge is 0.452 e. The normalized spacial score (nSPS) is 27.4. The lowest BCUT2D eigenvalue weighted by atomic mass is 9.65. The van der Waals surface area contributed by atoms with Crippen molar-refractivity contribution in [1.29, 1.82) is 0 Å². The van der Waals surface area contributed by atoms with Crippen molar-refractivity contribution in [3.05, 3.63) is 28.8 Å². The number of halogens is 1. The van der Waals surface area contributed by atoms with Crippen molar-refractivity contribution in [3.8, 4) is 0 Å². The molecule has 0 spiro atoms. The first kappa shape index (κ1) is 24.5. The highest BCUT2D eigenvalue weighted by atomic mass is 35.5. The number of benzene rings is 1. The van der Waals surface area contributed by atoms with Gasteiger partial charge < -0.3 is 9.64 Å². The van der Waals surface area contributed by atoms with Crippen LogP contribution in [0.2, 0.25) is 5.02 Å². The Labute approximate surface area is 201 Å². The summed E-state index contributed by atoms with van der Waals surface area (Å²) < 4.78 is 32.8. The van der Waals surface area contributed by atoms with Crippen molar-refractivity contribution in [1.82, 2.24) is 9.21 Å². The smallest absolute Gasteiger partial charge is 0.338 e. The van der Waals surface area contributed by atoms with Crippen LogP contribution in [0.5, 0.6) is 0 Å². The molecule has 2 saturated heterocycles. The Hall–Kier alpha value is -1.64. The molecule has 4 rings (SSSR count). The molecule has 1 aromatic carbocycles. The molecule has 2 aliphatic heterocycles. The summed E-state index contributed by atoms with van der Waals surface area (Å²) in [6, 6.07) is 4.24. The summed E-state index contributed by atoms with van der Waals surface area (Å²) >= 11 is 6.19. The first-order valence-corrected chi connectivity index (χ1v) is 13.5. The van der Waals surface area contributed by atoms with Gasteiger partial charge in [0, 0.05) is 25.7 Å². The minimum Gasteiger partial charge on any atom is -0.452 e. The average molecular weight is 497 g/mol. The first-order chi connectivity index (χ1) is 15.4. The number of carbonyl (C=O) groups is 2. The zero-order valence-corrected chi connectivity index (χ0v) is 21.2. The second-order valence-corrected chi connectivity index (χ2v) is 13.2. The average Bonchev–Trinajstić information content (AvgIpc) is 3.01. The Kier molecular flexibility index (Phi) is 6.57. The van der Waals surface area contributed by atoms with Crippen LogP contribution in [0.1, 0.15) is 69.7 Å². The molecule has 1 saturated carbocycles. The molecular formula is C24H33ClN2O5S. The number of fused-ring (bicyclic) bond motifs is 2. The summed E-state index contributed by atoms with van der Waals surface area (Å²) in [6.45, 7) is 7.89. The molecule has 0 radical (unpaired) electrons. The highest BCUT2D eigenvalue weighted by molar-refractivity contribution is 7.89. The zero-order chi connectivity index (χ0) is 24.0. The summed E-state index contributed by atoms with van der Waals surface area (Å²) in [5.74, 6) is -0.936. The Bertz CT molecular complexity index is 1050. The summed E-state index contributed by atoms with van der Waals surface area (Å²) in [4.78, 5) is 27.3. The maximum atomic E-state index is 13.0. The molecule has 33 heavy (non-hydrogen) atoms. The van der Waals surface area contributed by atoms with Gasteiger partial charge in [-0.2, -0.15) is 4.31 Å². The molecule has 3 aliphatic rings. The second kappa shape index (κ2) is 8.86. The molecule has 2 atom stereocenters. The molecule has 182 valence electrons.